The van der Waals surface area contributed by atoms with Crippen LogP contribution in [0.1, 0.15) is 39.2 Å². The zero-order valence-corrected chi connectivity index (χ0v) is 16.1. The second-order valence-corrected chi connectivity index (χ2v) is 6.79. The fourth-order valence-electron chi connectivity index (χ4n) is 3.33. The van der Waals surface area contributed by atoms with Crippen LogP contribution >= 0.6 is 0 Å². The summed E-state index contributed by atoms with van der Waals surface area (Å²) in [6.45, 7) is 15.6. The number of aliphatic hydroxyl groups excluding tert-OH is 1. The minimum absolute atomic E-state index is 0.00916. The summed E-state index contributed by atoms with van der Waals surface area (Å²) in [5.74, 6) is 0.231. The van der Waals surface area contributed by atoms with Crippen molar-refractivity contribution in [2.24, 2.45) is 0 Å². The lowest BCUT2D eigenvalue weighted by atomic mass is 9.79. The van der Waals surface area contributed by atoms with Crippen LogP contribution in [0.3, 0.4) is 0 Å². The van der Waals surface area contributed by atoms with Crippen molar-refractivity contribution in [1.29, 1.82) is 0 Å². The van der Waals surface area contributed by atoms with Gasteiger partial charge in [0.2, 0.25) is 0 Å². The molecule has 2 rings (SSSR count). The average Bonchev–Trinajstić information content (AvgIpc) is 2.52. The average molecular weight is 356 g/mol. The highest BCUT2D eigenvalue weighted by molar-refractivity contribution is 5.58. The van der Waals surface area contributed by atoms with Gasteiger partial charge in [-0.25, -0.2) is 0 Å². The van der Waals surface area contributed by atoms with E-state index in [0.29, 0.717) is 17.0 Å². The van der Waals surface area contributed by atoms with Crippen molar-refractivity contribution in [2.75, 3.05) is 12.1 Å². The predicted octanol–water partition coefficient (Wildman–Crippen LogP) is 4.76. The molecule has 5 nitrogen and oxygen atoms in total. The third-order valence-electron chi connectivity index (χ3n) is 4.33. The summed E-state index contributed by atoms with van der Waals surface area (Å²) in [5.41, 5.74) is 4.81. The molecule has 0 saturated heterocycles. The number of ether oxygens (including phenoxy) is 1. The number of hydrogen-bond donors (Lipinski definition) is 3. The smallest absolute Gasteiger partial charge is 0.118 e. The molecule has 1 aromatic rings. The number of aliphatic hydroxyl groups is 1. The lowest BCUT2D eigenvalue weighted by molar-refractivity contribution is 0.153. The van der Waals surface area contributed by atoms with Crippen LogP contribution in [0.25, 0.3) is 0 Å². The quantitative estimate of drug-likeness (QED) is 0.507. The second-order valence-electron chi connectivity index (χ2n) is 6.79. The molecule has 1 aromatic carbocycles. The van der Waals surface area contributed by atoms with Crippen molar-refractivity contribution >= 4 is 5.69 Å². The molecular formula is C21H28N2O3. The molecule has 0 aromatic heterocycles. The number of hydroxylamine groups is 1. The summed E-state index contributed by atoms with van der Waals surface area (Å²) in [7, 11) is 1.57. The second kappa shape index (κ2) is 7.70. The van der Waals surface area contributed by atoms with E-state index in [1.54, 1.807) is 7.05 Å². The van der Waals surface area contributed by atoms with E-state index in [1.165, 1.54) is 0 Å². The van der Waals surface area contributed by atoms with Crippen LogP contribution in [0, 0.1) is 0 Å². The molecule has 0 fully saturated rings. The standard InChI is InChI=1S/C21H28N2O3/c1-12(2)26-16(6)20-14(4)22-13(3)19(15(5)24)21(20)17-9-8-10-18(11-17)23(7)25/h8-12,21-22,24-25H,5-6H2,1-4,7H3. The number of nitrogens with one attached hydrogen (secondary N) is 1. The fraction of sp³-hybridized carbons (Fsp3) is 0.333. The molecular weight excluding hydrogens is 328 g/mol. The van der Waals surface area contributed by atoms with E-state index in [0.717, 1.165) is 27.6 Å². The molecule has 0 radical (unpaired) electrons. The minimum atomic E-state index is -0.306. The van der Waals surface area contributed by atoms with Gasteiger partial charge in [-0.3, -0.25) is 10.3 Å². The van der Waals surface area contributed by atoms with Gasteiger partial charge in [-0.05, 0) is 45.4 Å². The van der Waals surface area contributed by atoms with Crippen molar-refractivity contribution in [1.82, 2.24) is 5.32 Å². The number of benzene rings is 1. The van der Waals surface area contributed by atoms with E-state index in [2.05, 4.69) is 18.5 Å². The Balaban J connectivity index is 2.66. The minimum Gasteiger partial charge on any atom is -0.508 e. The molecule has 1 heterocycles. The molecule has 1 unspecified atom stereocenters. The first-order valence-electron chi connectivity index (χ1n) is 8.58. The summed E-state index contributed by atoms with van der Waals surface area (Å²) in [5, 5.41) is 24.4. The van der Waals surface area contributed by atoms with Crippen molar-refractivity contribution in [3.05, 3.63) is 77.0 Å². The van der Waals surface area contributed by atoms with Crippen molar-refractivity contribution < 1.29 is 15.1 Å². The maximum absolute atomic E-state index is 10.3. The number of anilines is 1. The van der Waals surface area contributed by atoms with E-state index < -0.39 is 0 Å². The zero-order chi connectivity index (χ0) is 19.6. The van der Waals surface area contributed by atoms with Gasteiger partial charge in [0, 0.05) is 35.5 Å². The van der Waals surface area contributed by atoms with Gasteiger partial charge in [0.25, 0.3) is 0 Å². The fourth-order valence-corrected chi connectivity index (χ4v) is 3.33. The maximum atomic E-state index is 10.3. The van der Waals surface area contributed by atoms with Gasteiger partial charge in [-0.1, -0.05) is 25.3 Å². The summed E-state index contributed by atoms with van der Waals surface area (Å²) >= 11 is 0. The first-order chi connectivity index (χ1) is 12.1. The predicted molar refractivity (Wildman–Crippen MR) is 105 cm³/mol. The molecule has 0 aliphatic carbocycles. The normalized spacial score (nSPS) is 17.3. The van der Waals surface area contributed by atoms with Crippen LogP contribution in [-0.4, -0.2) is 23.5 Å². The summed E-state index contributed by atoms with van der Waals surface area (Å²) in [6.07, 6.45) is -0.0221. The van der Waals surface area contributed by atoms with E-state index in [1.807, 2.05) is 52.0 Å². The lowest BCUT2D eigenvalue weighted by Crippen LogP contribution is -2.27. The highest BCUT2D eigenvalue weighted by Crippen LogP contribution is 2.44. The molecule has 1 aliphatic heterocycles. The Kier molecular flexibility index (Phi) is 5.83. The first-order valence-corrected chi connectivity index (χ1v) is 8.58. The third-order valence-corrected chi connectivity index (χ3v) is 4.33. The molecule has 0 saturated carbocycles. The maximum Gasteiger partial charge on any atom is 0.118 e. The summed E-state index contributed by atoms with van der Waals surface area (Å²) < 4.78 is 5.87. The zero-order valence-electron chi connectivity index (χ0n) is 16.1. The molecule has 3 N–H and O–H groups in total. The van der Waals surface area contributed by atoms with Gasteiger partial charge >= 0.3 is 0 Å². The van der Waals surface area contributed by atoms with Gasteiger partial charge in [0.1, 0.15) is 11.5 Å². The van der Waals surface area contributed by atoms with Crippen LogP contribution in [0.2, 0.25) is 0 Å². The first kappa shape index (κ1) is 19.7. The Bertz CT molecular complexity index is 788. The van der Waals surface area contributed by atoms with Gasteiger partial charge in [-0.2, -0.15) is 0 Å². The van der Waals surface area contributed by atoms with Crippen LogP contribution in [-0.2, 0) is 4.74 Å². The van der Waals surface area contributed by atoms with Crippen molar-refractivity contribution in [3.63, 3.8) is 0 Å². The van der Waals surface area contributed by atoms with Gasteiger partial charge in [-0.15, -0.1) is 0 Å². The molecule has 0 amide bonds. The molecule has 0 bridgehead atoms. The Morgan fingerprint density at radius 2 is 1.81 bits per heavy atom. The largest absolute Gasteiger partial charge is 0.508 e. The molecule has 1 atom stereocenters. The SMILES string of the molecule is C=C(O)C1=C(C)NC(C)=C(C(=C)OC(C)C)C1c1cccc(N(C)O)c1. The highest BCUT2D eigenvalue weighted by atomic mass is 16.5. The van der Waals surface area contributed by atoms with Crippen LogP contribution in [0.4, 0.5) is 5.69 Å². The number of hydrogen-bond acceptors (Lipinski definition) is 5. The number of rotatable bonds is 6. The van der Waals surface area contributed by atoms with Crippen LogP contribution in [0.5, 0.6) is 0 Å². The van der Waals surface area contributed by atoms with Gasteiger partial charge < -0.3 is 15.2 Å². The van der Waals surface area contributed by atoms with Gasteiger partial charge in [0.15, 0.2) is 0 Å². The third kappa shape index (κ3) is 3.94. The Hall–Kier alpha value is -2.66. The Morgan fingerprint density at radius 3 is 2.35 bits per heavy atom. The van der Waals surface area contributed by atoms with E-state index in [4.69, 9.17) is 4.74 Å². The molecule has 5 heteroatoms. The number of nitrogens with zero attached hydrogens (tertiary/aromatic N) is 1. The number of dihydropyridines is 1. The van der Waals surface area contributed by atoms with Crippen LogP contribution < -0.4 is 10.4 Å². The monoisotopic (exact) mass is 356 g/mol. The molecule has 0 spiro atoms. The Morgan fingerprint density at radius 1 is 1.19 bits per heavy atom. The molecule has 140 valence electrons. The summed E-state index contributed by atoms with van der Waals surface area (Å²) in [6, 6.07) is 7.51. The lowest BCUT2D eigenvalue weighted by Gasteiger charge is -2.33. The highest BCUT2D eigenvalue weighted by Gasteiger charge is 2.33. The van der Waals surface area contributed by atoms with Crippen molar-refractivity contribution in [3.8, 4) is 0 Å². The summed E-state index contributed by atoms with van der Waals surface area (Å²) in [4.78, 5) is 0. The van der Waals surface area contributed by atoms with Crippen LogP contribution in [0.15, 0.2) is 71.5 Å². The van der Waals surface area contributed by atoms with E-state index in [-0.39, 0.29) is 17.8 Å². The van der Waals surface area contributed by atoms with E-state index >= 15 is 0 Å². The molecule has 26 heavy (non-hydrogen) atoms. The number of allylic oxidation sites excluding steroid dienone is 4. The van der Waals surface area contributed by atoms with Gasteiger partial charge in [0.05, 0.1) is 11.8 Å². The molecule has 1 aliphatic rings. The topological polar surface area (TPSA) is 65.0 Å². The van der Waals surface area contributed by atoms with Crippen molar-refractivity contribution in [2.45, 2.75) is 39.7 Å². The Labute approximate surface area is 155 Å². The van der Waals surface area contributed by atoms with E-state index in [9.17, 15) is 10.3 Å².